The minimum Gasteiger partial charge on any atom is -0.420 e. The van der Waals surface area contributed by atoms with Gasteiger partial charge in [0.2, 0.25) is 0 Å². The van der Waals surface area contributed by atoms with Crippen LogP contribution in [0.5, 0.6) is 0 Å². The van der Waals surface area contributed by atoms with E-state index in [1.807, 2.05) is 5.18 Å². The third kappa shape index (κ3) is 4.45. The van der Waals surface area contributed by atoms with Gasteiger partial charge in [0.25, 0.3) is 0 Å². The van der Waals surface area contributed by atoms with Crippen molar-refractivity contribution >= 4 is 5.91 Å². The first kappa shape index (κ1) is 12.4. The molecule has 3 N–H and O–H groups in total. The van der Waals surface area contributed by atoms with Gasteiger partial charge >= 0.3 is 12.5 Å². The Labute approximate surface area is 78.1 Å². The molecule has 0 radical (unpaired) electrons. The number of amides is 1. The molecule has 8 heteroatoms. The molecule has 0 aromatic carbocycles. The first-order valence-electron chi connectivity index (χ1n) is 3.48. The normalized spacial score (nSPS) is 13.6. The molecule has 80 valence electrons. The number of nitroso groups, excluding NO2 is 1. The van der Waals surface area contributed by atoms with E-state index in [0.717, 1.165) is 6.08 Å². The van der Waals surface area contributed by atoms with Gasteiger partial charge in [-0.3, -0.25) is 4.79 Å². The molecule has 6 nitrogen and oxygen atoms in total. The standard InChI is InChI=1S/C6H9F2N3O3/c1-10-4(14-6(7)8)2-3(9)5(12)11-13/h2-3,6,10H,9H2,1H3/b4-2+. The zero-order valence-corrected chi connectivity index (χ0v) is 7.24. The van der Waals surface area contributed by atoms with Crippen LogP contribution < -0.4 is 11.1 Å². The first-order valence-corrected chi connectivity index (χ1v) is 3.48. The lowest BCUT2D eigenvalue weighted by atomic mass is 10.3. The molecule has 0 aliphatic heterocycles. The van der Waals surface area contributed by atoms with Gasteiger partial charge in [0, 0.05) is 18.3 Å². The molecule has 0 fully saturated rings. The zero-order valence-electron chi connectivity index (χ0n) is 7.24. The topological polar surface area (TPSA) is 93.8 Å². The Bertz CT molecular complexity index is 244. The minimum atomic E-state index is -3.04. The van der Waals surface area contributed by atoms with Crippen LogP contribution in [0.25, 0.3) is 0 Å². The van der Waals surface area contributed by atoms with Crippen LogP contribution in [-0.4, -0.2) is 25.6 Å². The number of rotatable bonds is 5. The zero-order chi connectivity index (χ0) is 11.1. The quantitative estimate of drug-likeness (QED) is 0.487. The highest BCUT2D eigenvalue weighted by Crippen LogP contribution is 2.03. The van der Waals surface area contributed by atoms with Crippen LogP contribution in [0.1, 0.15) is 0 Å². The first-order chi connectivity index (χ1) is 6.51. The molecule has 0 heterocycles. The van der Waals surface area contributed by atoms with Gasteiger partial charge in [-0.25, -0.2) is 0 Å². The van der Waals surface area contributed by atoms with E-state index in [1.165, 1.54) is 7.05 Å². The van der Waals surface area contributed by atoms with Crippen LogP contribution in [0.2, 0.25) is 0 Å². The van der Waals surface area contributed by atoms with Crippen molar-refractivity contribution < 1.29 is 18.3 Å². The van der Waals surface area contributed by atoms with Gasteiger partial charge in [-0.15, -0.1) is 4.91 Å². The minimum absolute atomic E-state index is 0.399. The van der Waals surface area contributed by atoms with E-state index >= 15 is 0 Å². The Kier molecular flexibility index (Phi) is 5.30. The fourth-order valence-corrected chi connectivity index (χ4v) is 0.573. The largest absolute Gasteiger partial charge is 0.420 e. The maximum absolute atomic E-state index is 11.7. The van der Waals surface area contributed by atoms with Crippen LogP contribution in [0.4, 0.5) is 8.78 Å². The number of nitrogens with two attached hydrogens (primary N) is 1. The van der Waals surface area contributed by atoms with E-state index in [9.17, 15) is 18.5 Å². The van der Waals surface area contributed by atoms with Gasteiger partial charge in [0.1, 0.15) is 6.04 Å². The number of hydrogen-bond donors (Lipinski definition) is 2. The number of carbonyl (C=O) groups is 1. The lowest BCUT2D eigenvalue weighted by Crippen LogP contribution is -2.28. The monoisotopic (exact) mass is 209 g/mol. The van der Waals surface area contributed by atoms with Gasteiger partial charge in [-0.2, -0.15) is 8.78 Å². The molecule has 0 saturated heterocycles. The molecular formula is C6H9F2N3O3. The molecule has 0 aliphatic carbocycles. The van der Waals surface area contributed by atoms with Crippen LogP contribution in [0.15, 0.2) is 17.1 Å². The molecule has 14 heavy (non-hydrogen) atoms. The van der Waals surface area contributed by atoms with Crippen LogP contribution in [0.3, 0.4) is 0 Å². The second kappa shape index (κ2) is 5.97. The Morgan fingerprint density at radius 1 is 1.64 bits per heavy atom. The molecule has 0 aliphatic rings. The van der Waals surface area contributed by atoms with E-state index in [2.05, 4.69) is 10.1 Å². The summed E-state index contributed by atoms with van der Waals surface area (Å²) in [6.45, 7) is -3.04. The average Bonchev–Trinajstić information content (AvgIpc) is 2.14. The molecule has 0 bridgehead atoms. The highest BCUT2D eigenvalue weighted by Gasteiger charge is 2.14. The lowest BCUT2D eigenvalue weighted by molar-refractivity contribution is -0.118. The van der Waals surface area contributed by atoms with E-state index in [4.69, 9.17) is 5.73 Å². The summed E-state index contributed by atoms with van der Waals surface area (Å²) in [6.07, 6.45) is 0.829. The predicted molar refractivity (Wildman–Crippen MR) is 43.0 cm³/mol. The highest BCUT2D eigenvalue weighted by molar-refractivity contribution is 5.84. The van der Waals surface area contributed by atoms with Gasteiger partial charge in [0.05, 0.1) is 0 Å². The average molecular weight is 209 g/mol. The van der Waals surface area contributed by atoms with E-state index in [0.29, 0.717) is 0 Å². The van der Waals surface area contributed by atoms with Crippen molar-refractivity contribution in [2.75, 3.05) is 7.05 Å². The van der Waals surface area contributed by atoms with Crippen LogP contribution >= 0.6 is 0 Å². The Hall–Kier alpha value is -1.57. The van der Waals surface area contributed by atoms with Crippen LogP contribution in [-0.2, 0) is 9.53 Å². The van der Waals surface area contributed by atoms with Gasteiger partial charge < -0.3 is 15.8 Å². The summed E-state index contributed by atoms with van der Waals surface area (Å²) in [4.78, 5) is 20.2. The summed E-state index contributed by atoms with van der Waals surface area (Å²) >= 11 is 0. The third-order valence-electron chi connectivity index (χ3n) is 1.17. The van der Waals surface area contributed by atoms with E-state index < -0.39 is 24.4 Å². The summed E-state index contributed by atoms with van der Waals surface area (Å²) in [5.74, 6) is -1.57. The van der Waals surface area contributed by atoms with Gasteiger partial charge in [-0.05, 0) is 0 Å². The second-order valence-electron chi connectivity index (χ2n) is 2.11. The number of halogens is 2. The number of nitrogens with zero attached hydrogens (tertiary/aromatic N) is 1. The molecule has 0 spiro atoms. The SMILES string of the molecule is CN/C(=C\C(N)C(=O)N=O)OC(F)F. The molecular weight excluding hydrogens is 200 g/mol. The van der Waals surface area contributed by atoms with Crippen molar-refractivity contribution in [2.45, 2.75) is 12.7 Å². The van der Waals surface area contributed by atoms with E-state index in [1.54, 1.807) is 0 Å². The van der Waals surface area contributed by atoms with Crippen molar-refractivity contribution in [1.29, 1.82) is 0 Å². The number of carbonyl (C=O) groups excluding carboxylic acids is 1. The predicted octanol–water partition coefficient (Wildman–Crippen LogP) is -0.0933. The molecule has 0 aromatic rings. The maximum Gasteiger partial charge on any atom is 0.388 e. The van der Waals surface area contributed by atoms with Crippen molar-refractivity contribution in [3.63, 3.8) is 0 Å². The fourth-order valence-electron chi connectivity index (χ4n) is 0.573. The Morgan fingerprint density at radius 3 is 2.57 bits per heavy atom. The highest BCUT2D eigenvalue weighted by atomic mass is 19.3. The van der Waals surface area contributed by atoms with Crippen molar-refractivity contribution in [3.8, 4) is 0 Å². The molecule has 1 amide bonds. The Morgan fingerprint density at radius 2 is 2.21 bits per heavy atom. The number of nitrogens with one attached hydrogen (secondary N) is 1. The lowest BCUT2D eigenvalue weighted by Gasteiger charge is -2.09. The summed E-state index contributed by atoms with van der Waals surface area (Å²) < 4.78 is 27.3. The number of alkyl halides is 2. The summed E-state index contributed by atoms with van der Waals surface area (Å²) in [7, 11) is 1.29. The molecule has 0 saturated carbocycles. The summed E-state index contributed by atoms with van der Waals surface area (Å²) in [5.41, 5.74) is 5.10. The van der Waals surface area contributed by atoms with Gasteiger partial charge in [0.15, 0.2) is 5.88 Å². The third-order valence-corrected chi connectivity index (χ3v) is 1.17. The molecule has 0 rings (SSSR count). The number of hydrogen-bond acceptors (Lipinski definition) is 5. The van der Waals surface area contributed by atoms with Crippen molar-refractivity contribution in [1.82, 2.24) is 5.32 Å². The Balaban J connectivity index is 4.42. The molecule has 0 aromatic heterocycles. The van der Waals surface area contributed by atoms with E-state index in [-0.39, 0.29) is 0 Å². The maximum atomic E-state index is 11.7. The number of ether oxygens (including phenoxy) is 1. The molecule has 1 unspecified atom stereocenters. The summed E-state index contributed by atoms with van der Waals surface area (Å²) in [5, 5.41) is 4.25. The smallest absolute Gasteiger partial charge is 0.388 e. The van der Waals surface area contributed by atoms with Gasteiger partial charge in [-0.1, -0.05) is 0 Å². The van der Waals surface area contributed by atoms with Crippen LogP contribution in [0, 0.1) is 4.91 Å². The summed E-state index contributed by atoms with van der Waals surface area (Å²) in [6, 6.07) is -1.39. The second-order valence-corrected chi connectivity index (χ2v) is 2.11. The fraction of sp³-hybridized carbons (Fsp3) is 0.500. The van der Waals surface area contributed by atoms with Crippen molar-refractivity contribution in [2.24, 2.45) is 10.9 Å². The van der Waals surface area contributed by atoms with Crippen molar-refractivity contribution in [3.05, 3.63) is 16.9 Å². The molecule has 1 atom stereocenters.